The van der Waals surface area contributed by atoms with Gasteiger partial charge in [0.05, 0.1) is 0 Å². The van der Waals surface area contributed by atoms with E-state index in [4.69, 9.17) is 10.9 Å². The van der Waals surface area contributed by atoms with E-state index in [9.17, 15) is 4.79 Å². The molecule has 114 valence electrons. The fourth-order valence-electron chi connectivity index (χ4n) is 3.55. The first-order chi connectivity index (χ1) is 9.49. The van der Waals surface area contributed by atoms with Crippen molar-refractivity contribution in [3.63, 3.8) is 0 Å². The first-order valence-corrected chi connectivity index (χ1v) is 7.47. The molecule has 0 aromatic heterocycles. The molecular weight excluding hydrogens is 256 g/mol. The van der Waals surface area contributed by atoms with Crippen LogP contribution in [0.2, 0.25) is 0 Å². The zero-order chi connectivity index (χ0) is 14.8. The van der Waals surface area contributed by atoms with E-state index in [0.717, 1.165) is 32.4 Å². The molecule has 0 radical (unpaired) electrons. The van der Waals surface area contributed by atoms with E-state index in [1.165, 1.54) is 0 Å². The Kier molecular flexibility index (Phi) is 4.52. The highest BCUT2D eigenvalue weighted by atomic mass is 16.4. The minimum atomic E-state index is -0.794. The van der Waals surface area contributed by atoms with Crippen LogP contribution in [0.3, 0.4) is 0 Å². The Labute approximate surface area is 120 Å². The van der Waals surface area contributed by atoms with Crippen molar-refractivity contribution in [1.29, 1.82) is 0 Å². The van der Waals surface area contributed by atoms with Gasteiger partial charge in [0, 0.05) is 12.6 Å². The van der Waals surface area contributed by atoms with Gasteiger partial charge in [-0.15, -0.1) is 0 Å². The molecule has 1 amide bonds. The van der Waals surface area contributed by atoms with Gasteiger partial charge in [-0.3, -0.25) is 4.79 Å². The lowest BCUT2D eigenvalue weighted by Crippen LogP contribution is -2.55. The summed E-state index contributed by atoms with van der Waals surface area (Å²) in [6, 6.07) is 0.183. The standard InChI is InChI=1S/C14H26N4O2/c1-10-9-18(2)8-5-11(10)16-13(19)14(12(15)17-20)6-3-4-7-14/h10-11,20H,3-9H2,1-2H3,(H2,15,17)(H,16,19). The fraction of sp³-hybridized carbons (Fsp3) is 0.857. The summed E-state index contributed by atoms with van der Waals surface area (Å²) in [6.07, 6.45) is 4.21. The average Bonchev–Trinajstić information content (AvgIpc) is 2.91. The number of amidine groups is 1. The number of nitrogens with two attached hydrogens (primary N) is 1. The summed E-state index contributed by atoms with van der Waals surface area (Å²) in [5.74, 6) is 0.420. The molecule has 2 fully saturated rings. The van der Waals surface area contributed by atoms with Gasteiger partial charge in [0.15, 0.2) is 5.84 Å². The number of likely N-dealkylation sites (tertiary alicyclic amines) is 1. The number of amides is 1. The number of oxime groups is 1. The van der Waals surface area contributed by atoms with Gasteiger partial charge in [-0.2, -0.15) is 0 Å². The molecule has 20 heavy (non-hydrogen) atoms. The van der Waals surface area contributed by atoms with E-state index >= 15 is 0 Å². The summed E-state index contributed by atoms with van der Waals surface area (Å²) >= 11 is 0. The summed E-state index contributed by atoms with van der Waals surface area (Å²) in [5.41, 5.74) is 5.01. The SMILES string of the molecule is CC1CN(C)CCC1NC(=O)C1(C(N)=NO)CCCC1. The molecule has 0 bridgehead atoms. The molecule has 1 saturated carbocycles. The lowest BCUT2D eigenvalue weighted by Gasteiger charge is -2.37. The van der Waals surface area contributed by atoms with Crippen LogP contribution >= 0.6 is 0 Å². The van der Waals surface area contributed by atoms with Crippen LogP contribution in [0.1, 0.15) is 39.0 Å². The quantitative estimate of drug-likeness (QED) is 0.308. The molecule has 0 aromatic rings. The van der Waals surface area contributed by atoms with Crippen molar-refractivity contribution >= 4 is 11.7 Å². The Morgan fingerprint density at radius 2 is 2.10 bits per heavy atom. The number of hydrogen-bond donors (Lipinski definition) is 3. The Bertz CT molecular complexity index is 391. The van der Waals surface area contributed by atoms with E-state index in [-0.39, 0.29) is 17.8 Å². The predicted octanol–water partition coefficient (Wildman–Crippen LogP) is 0.750. The zero-order valence-electron chi connectivity index (χ0n) is 12.4. The molecule has 2 unspecified atom stereocenters. The second kappa shape index (κ2) is 5.99. The van der Waals surface area contributed by atoms with Crippen LogP contribution in [0.25, 0.3) is 0 Å². The van der Waals surface area contributed by atoms with Crippen molar-refractivity contribution < 1.29 is 10.0 Å². The Hall–Kier alpha value is -1.30. The Morgan fingerprint density at radius 1 is 1.45 bits per heavy atom. The fourth-order valence-corrected chi connectivity index (χ4v) is 3.55. The maximum absolute atomic E-state index is 12.7. The molecule has 2 rings (SSSR count). The highest BCUT2D eigenvalue weighted by Crippen LogP contribution is 2.39. The highest BCUT2D eigenvalue weighted by Gasteiger charge is 2.46. The summed E-state index contributed by atoms with van der Waals surface area (Å²) in [7, 11) is 2.10. The molecule has 0 spiro atoms. The largest absolute Gasteiger partial charge is 0.409 e. The van der Waals surface area contributed by atoms with Gasteiger partial charge in [0.2, 0.25) is 5.91 Å². The summed E-state index contributed by atoms with van der Waals surface area (Å²) in [4.78, 5) is 14.9. The summed E-state index contributed by atoms with van der Waals surface area (Å²) in [6.45, 7) is 4.14. The maximum atomic E-state index is 12.7. The van der Waals surface area contributed by atoms with Crippen LogP contribution in [0.15, 0.2) is 5.16 Å². The first kappa shape index (κ1) is 15.1. The van der Waals surface area contributed by atoms with Crippen molar-refractivity contribution in [3.05, 3.63) is 0 Å². The van der Waals surface area contributed by atoms with Gasteiger partial charge < -0.3 is 21.2 Å². The average molecular weight is 282 g/mol. The molecule has 0 aromatic carbocycles. The first-order valence-electron chi connectivity index (χ1n) is 7.47. The molecule has 2 aliphatic rings. The molecule has 1 saturated heterocycles. The Morgan fingerprint density at radius 3 is 2.65 bits per heavy atom. The molecule has 1 aliphatic carbocycles. The molecule has 1 heterocycles. The third kappa shape index (κ3) is 2.75. The van der Waals surface area contributed by atoms with Crippen LogP contribution < -0.4 is 11.1 Å². The van der Waals surface area contributed by atoms with Gasteiger partial charge in [-0.05, 0) is 38.8 Å². The number of carbonyl (C=O) groups excluding carboxylic acids is 1. The van der Waals surface area contributed by atoms with Gasteiger partial charge in [0.25, 0.3) is 0 Å². The molecule has 6 nitrogen and oxygen atoms in total. The van der Waals surface area contributed by atoms with Crippen LogP contribution in [0.4, 0.5) is 0 Å². The minimum Gasteiger partial charge on any atom is -0.409 e. The number of hydrogen-bond acceptors (Lipinski definition) is 4. The summed E-state index contributed by atoms with van der Waals surface area (Å²) in [5, 5.41) is 15.2. The third-order valence-electron chi connectivity index (χ3n) is 4.91. The maximum Gasteiger partial charge on any atom is 0.234 e. The van der Waals surface area contributed by atoms with E-state index in [2.05, 4.69) is 29.3 Å². The number of nitrogens with one attached hydrogen (secondary N) is 1. The van der Waals surface area contributed by atoms with Crippen molar-refractivity contribution in [2.75, 3.05) is 20.1 Å². The van der Waals surface area contributed by atoms with Crippen molar-refractivity contribution in [1.82, 2.24) is 10.2 Å². The molecule has 6 heteroatoms. The van der Waals surface area contributed by atoms with E-state index < -0.39 is 5.41 Å². The Balaban J connectivity index is 2.06. The number of piperidine rings is 1. The van der Waals surface area contributed by atoms with Crippen LogP contribution in [0, 0.1) is 11.3 Å². The second-order valence-corrected chi connectivity index (χ2v) is 6.38. The van der Waals surface area contributed by atoms with Crippen molar-refractivity contribution in [3.8, 4) is 0 Å². The molecule has 1 aliphatic heterocycles. The molecule has 2 atom stereocenters. The van der Waals surface area contributed by atoms with Gasteiger partial charge in [0.1, 0.15) is 5.41 Å². The monoisotopic (exact) mass is 282 g/mol. The van der Waals surface area contributed by atoms with Gasteiger partial charge in [-0.1, -0.05) is 24.9 Å². The van der Waals surface area contributed by atoms with Crippen molar-refractivity contribution in [2.24, 2.45) is 22.2 Å². The number of rotatable bonds is 3. The number of nitrogens with zero attached hydrogens (tertiary/aromatic N) is 2. The minimum absolute atomic E-state index is 0.0630. The smallest absolute Gasteiger partial charge is 0.234 e. The van der Waals surface area contributed by atoms with Crippen molar-refractivity contribution in [2.45, 2.75) is 45.1 Å². The van der Waals surface area contributed by atoms with E-state index in [0.29, 0.717) is 18.8 Å². The third-order valence-corrected chi connectivity index (χ3v) is 4.91. The zero-order valence-corrected chi connectivity index (χ0v) is 12.4. The normalized spacial score (nSPS) is 31.2. The van der Waals surface area contributed by atoms with Crippen LogP contribution in [-0.4, -0.2) is 48.0 Å². The summed E-state index contributed by atoms with van der Waals surface area (Å²) < 4.78 is 0. The lowest BCUT2D eigenvalue weighted by atomic mass is 9.82. The molecular formula is C14H26N4O2. The van der Waals surface area contributed by atoms with Crippen LogP contribution in [-0.2, 0) is 4.79 Å². The van der Waals surface area contributed by atoms with E-state index in [1.54, 1.807) is 0 Å². The van der Waals surface area contributed by atoms with Gasteiger partial charge in [-0.25, -0.2) is 0 Å². The lowest BCUT2D eigenvalue weighted by molar-refractivity contribution is -0.129. The second-order valence-electron chi connectivity index (χ2n) is 6.38. The predicted molar refractivity (Wildman–Crippen MR) is 77.5 cm³/mol. The van der Waals surface area contributed by atoms with Gasteiger partial charge >= 0.3 is 0 Å². The molecule has 4 N–H and O–H groups in total. The van der Waals surface area contributed by atoms with Crippen LogP contribution in [0.5, 0.6) is 0 Å². The van der Waals surface area contributed by atoms with E-state index in [1.807, 2.05) is 0 Å². The highest BCUT2D eigenvalue weighted by molar-refractivity contribution is 6.07. The number of carbonyl (C=O) groups is 1. The topological polar surface area (TPSA) is 91.0 Å².